The molecule has 0 aliphatic heterocycles. The van der Waals surface area contributed by atoms with Gasteiger partial charge >= 0.3 is 0 Å². The zero-order chi connectivity index (χ0) is 9.84. The topological polar surface area (TPSA) is 35.0 Å². The van der Waals surface area contributed by atoms with E-state index in [-0.39, 0.29) is 0 Å². The lowest BCUT2D eigenvalue weighted by Gasteiger charge is -2.04. The molecule has 72 valence electrons. The third-order valence-corrected chi connectivity index (χ3v) is 2.27. The molecule has 0 saturated carbocycles. The largest absolute Gasteiger partial charge is 0.384 e. The Morgan fingerprint density at radius 3 is 2.54 bits per heavy atom. The molecule has 0 amide bonds. The van der Waals surface area contributed by atoms with Crippen molar-refractivity contribution in [3.8, 4) is 0 Å². The predicted molar refractivity (Wildman–Crippen MR) is 52.1 cm³/mol. The molecule has 0 saturated heterocycles. The van der Waals surface area contributed by atoms with E-state index in [1.807, 2.05) is 13.8 Å². The fraction of sp³-hybridized carbons (Fsp3) is 0.556. The van der Waals surface area contributed by atoms with E-state index in [1.54, 1.807) is 7.11 Å². The average Bonchev–Trinajstić information content (AvgIpc) is 2.10. The van der Waals surface area contributed by atoms with Gasteiger partial charge in [-0.15, -0.1) is 0 Å². The minimum atomic E-state index is 0.540. The van der Waals surface area contributed by atoms with E-state index in [9.17, 15) is 0 Å². The number of aromatic nitrogens is 2. The van der Waals surface area contributed by atoms with Gasteiger partial charge in [-0.1, -0.05) is 11.6 Å². The van der Waals surface area contributed by atoms with E-state index < -0.39 is 0 Å². The Bertz CT molecular complexity index is 279. The maximum absolute atomic E-state index is 5.91. The molecule has 4 heteroatoms. The van der Waals surface area contributed by atoms with Gasteiger partial charge < -0.3 is 4.74 Å². The molecular formula is C9H13ClN2O. The van der Waals surface area contributed by atoms with Crippen molar-refractivity contribution in [2.45, 2.75) is 20.3 Å². The highest BCUT2D eigenvalue weighted by molar-refractivity contribution is 6.30. The van der Waals surface area contributed by atoms with Gasteiger partial charge in [0.05, 0.1) is 6.61 Å². The number of halogens is 1. The molecule has 1 aromatic heterocycles. The van der Waals surface area contributed by atoms with E-state index in [0.29, 0.717) is 18.2 Å². The Morgan fingerprint density at radius 1 is 1.31 bits per heavy atom. The number of ether oxygens (including phenoxy) is 1. The van der Waals surface area contributed by atoms with Gasteiger partial charge in [0.15, 0.2) is 0 Å². The quantitative estimate of drug-likeness (QED) is 0.700. The second-order valence-electron chi connectivity index (χ2n) is 2.88. The highest BCUT2D eigenvalue weighted by Crippen LogP contribution is 2.14. The second kappa shape index (κ2) is 4.53. The SMILES string of the molecule is COCCc1nc(C)c(C)c(Cl)n1. The molecule has 1 rings (SSSR count). The zero-order valence-electron chi connectivity index (χ0n) is 8.09. The summed E-state index contributed by atoms with van der Waals surface area (Å²) in [6, 6.07) is 0. The predicted octanol–water partition coefficient (Wildman–Crippen LogP) is 1.94. The molecule has 0 N–H and O–H groups in total. The van der Waals surface area contributed by atoms with Gasteiger partial charge in [0.25, 0.3) is 0 Å². The molecule has 1 aromatic rings. The molecule has 0 aromatic carbocycles. The Labute approximate surface area is 83.1 Å². The monoisotopic (exact) mass is 200 g/mol. The van der Waals surface area contributed by atoms with Crippen LogP contribution in [0, 0.1) is 13.8 Å². The summed E-state index contributed by atoms with van der Waals surface area (Å²) in [4.78, 5) is 8.44. The summed E-state index contributed by atoms with van der Waals surface area (Å²) in [5.74, 6) is 0.745. The van der Waals surface area contributed by atoms with Gasteiger partial charge in [0.1, 0.15) is 11.0 Å². The van der Waals surface area contributed by atoms with Crippen molar-refractivity contribution in [3.63, 3.8) is 0 Å². The Hall–Kier alpha value is -0.670. The van der Waals surface area contributed by atoms with Gasteiger partial charge in [0, 0.05) is 24.8 Å². The highest BCUT2D eigenvalue weighted by Gasteiger charge is 2.05. The molecule has 0 unspecified atom stereocenters. The average molecular weight is 201 g/mol. The van der Waals surface area contributed by atoms with Crippen molar-refractivity contribution in [1.82, 2.24) is 9.97 Å². The van der Waals surface area contributed by atoms with Gasteiger partial charge in [-0.05, 0) is 13.8 Å². The maximum atomic E-state index is 5.91. The number of hydrogen-bond donors (Lipinski definition) is 0. The van der Waals surface area contributed by atoms with E-state index in [4.69, 9.17) is 16.3 Å². The van der Waals surface area contributed by atoms with E-state index in [0.717, 1.165) is 17.1 Å². The molecule has 0 radical (unpaired) electrons. The minimum Gasteiger partial charge on any atom is -0.384 e. The van der Waals surface area contributed by atoms with Crippen LogP contribution in [-0.2, 0) is 11.2 Å². The normalized spacial score (nSPS) is 10.5. The lowest BCUT2D eigenvalue weighted by Crippen LogP contribution is -2.04. The molecule has 3 nitrogen and oxygen atoms in total. The van der Waals surface area contributed by atoms with E-state index in [1.165, 1.54) is 0 Å². The third-order valence-electron chi connectivity index (χ3n) is 1.91. The van der Waals surface area contributed by atoms with Gasteiger partial charge in [-0.3, -0.25) is 0 Å². The van der Waals surface area contributed by atoms with Crippen LogP contribution in [0.2, 0.25) is 5.15 Å². The Balaban J connectivity index is 2.86. The summed E-state index contributed by atoms with van der Waals surface area (Å²) in [7, 11) is 1.66. The summed E-state index contributed by atoms with van der Waals surface area (Å²) < 4.78 is 4.93. The smallest absolute Gasteiger partial charge is 0.135 e. The summed E-state index contributed by atoms with van der Waals surface area (Å²) in [5.41, 5.74) is 1.88. The first kappa shape index (κ1) is 10.4. The van der Waals surface area contributed by atoms with E-state index >= 15 is 0 Å². The van der Waals surface area contributed by atoms with Gasteiger partial charge in [0.2, 0.25) is 0 Å². The van der Waals surface area contributed by atoms with Crippen molar-refractivity contribution >= 4 is 11.6 Å². The second-order valence-corrected chi connectivity index (χ2v) is 3.24. The molecule has 0 atom stereocenters. The summed E-state index contributed by atoms with van der Waals surface area (Å²) in [6.07, 6.45) is 0.706. The van der Waals surface area contributed by atoms with Crippen LogP contribution in [0.25, 0.3) is 0 Å². The van der Waals surface area contributed by atoms with Crippen LogP contribution in [0.3, 0.4) is 0 Å². The minimum absolute atomic E-state index is 0.540. The molecular weight excluding hydrogens is 188 g/mol. The Kier molecular flexibility index (Phi) is 3.63. The van der Waals surface area contributed by atoms with Crippen LogP contribution < -0.4 is 0 Å². The molecule has 0 spiro atoms. The van der Waals surface area contributed by atoms with Crippen LogP contribution in [0.1, 0.15) is 17.1 Å². The van der Waals surface area contributed by atoms with Crippen molar-refractivity contribution in [3.05, 3.63) is 22.2 Å². The first-order valence-corrected chi connectivity index (χ1v) is 4.51. The van der Waals surface area contributed by atoms with Crippen molar-refractivity contribution in [2.75, 3.05) is 13.7 Å². The van der Waals surface area contributed by atoms with Crippen molar-refractivity contribution in [2.24, 2.45) is 0 Å². The fourth-order valence-electron chi connectivity index (χ4n) is 0.954. The number of hydrogen-bond acceptors (Lipinski definition) is 3. The number of methoxy groups -OCH3 is 1. The summed E-state index contributed by atoms with van der Waals surface area (Å²) in [6.45, 7) is 4.47. The highest BCUT2D eigenvalue weighted by atomic mass is 35.5. The van der Waals surface area contributed by atoms with Crippen LogP contribution in [0.5, 0.6) is 0 Å². The summed E-state index contributed by atoms with van der Waals surface area (Å²) in [5, 5.41) is 0.540. The summed E-state index contributed by atoms with van der Waals surface area (Å²) >= 11 is 5.91. The first-order chi connectivity index (χ1) is 6.15. The standard InChI is InChI=1S/C9H13ClN2O/c1-6-7(2)11-8(4-5-13-3)12-9(6)10/h4-5H2,1-3H3. The Morgan fingerprint density at radius 2 is 2.00 bits per heavy atom. The third kappa shape index (κ3) is 2.64. The molecule has 0 fully saturated rings. The van der Waals surface area contributed by atoms with Gasteiger partial charge in [-0.25, -0.2) is 9.97 Å². The lowest BCUT2D eigenvalue weighted by molar-refractivity contribution is 0.200. The van der Waals surface area contributed by atoms with Crippen LogP contribution in [0.4, 0.5) is 0 Å². The molecule has 1 heterocycles. The number of aryl methyl sites for hydroxylation is 1. The first-order valence-electron chi connectivity index (χ1n) is 4.13. The number of rotatable bonds is 3. The van der Waals surface area contributed by atoms with Crippen molar-refractivity contribution < 1.29 is 4.74 Å². The van der Waals surface area contributed by atoms with E-state index in [2.05, 4.69) is 9.97 Å². The van der Waals surface area contributed by atoms with Crippen LogP contribution in [0.15, 0.2) is 0 Å². The van der Waals surface area contributed by atoms with Crippen LogP contribution >= 0.6 is 11.6 Å². The number of nitrogens with zero attached hydrogens (tertiary/aromatic N) is 2. The molecule has 13 heavy (non-hydrogen) atoms. The van der Waals surface area contributed by atoms with Crippen LogP contribution in [-0.4, -0.2) is 23.7 Å². The maximum Gasteiger partial charge on any atom is 0.135 e. The fourth-order valence-corrected chi connectivity index (χ4v) is 1.19. The molecule has 0 bridgehead atoms. The van der Waals surface area contributed by atoms with Gasteiger partial charge in [-0.2, -0.15) is 0 Å². The lowest BCUT2D eigenvalue weighted by atomic mass is 10.2. The molecule has 0 aliphatic rings. The molecule has 0 aliphatic carbocycles. The zero-order valence-corrected chi connectivity index (χ0v) is 8.85. The van der Waals surface area contributed by atoms with Crippen molar-refractivity contribution in [1.29, 1.82) is 0 Å².